The van der Waals surface area contributed by atoms with Crippen LogP contribution in [0, 0.1) is 6.92 Å². The lowest BCUT2D eigenvalue weighted by Gasteiger charge is -2.36. The predicted molar refractivity (Wildman–Crippen MR) is 214 cm³/mol. The molecule has 2 aromatic heterocycles. The van der Waals surface area contributed by atoms with Gasteiger partial charge in [-0.2, -0.15) is 5.10 Å². The number of alkyl carbamates (subject to hydrolysis) is 1. The summed E-state index contributed by atoms with van der Waals surface area (Å²) < 4.78 is 22.2. The number of nitrogens with zero attached hydrogens (tertiary/aromatic N) is 3. The standard InChI is InChI=1S/C42H56N4O6Si/c1-28-36(34(45(8)44-28)27-51-53(9,10)42(5,6)7)33-21-14-20-31-32(22-15-26-50-35-23-13-18-29-17-11-12-19-30(29)35)38(39(47)48)46(37(31)33)25-16-24-43-40(49)52-41(2,3)4/h11-14,17-21,23H,15-16,22,24-27H2,1-10H3,(H,43,49)(H,47,48). The fourth-order valence-corrected chi connectivity index (χ4v) is 7.52. The third-order valence-corrected chi connectivity index (χ3v) is 14.7. The Morgan fingerprint density at radius 2 is 1.60 bits per heavy atom. The topological polar surface area (TPSA) is 117 Å². The Bertz CT molecular complexity index is 2100. The Morgan fingerprint density at radius 3 is 2.30 bits per heavy atom. The molecule has 2 heterocycles. The number of benzene rings is 3. The lowest BCUT2D eigenvalue weighted by Crippen LogP contribution is -2.40. The minimum atomic E-state index is -2.10. The molecule has 11 heteroatoms. The molecule has 2 N–H and O–H groups in total. The zero-order valence-corrected chi connectivity index (χ0v) is 34.1. The van der Waals surface area contributed by atoms with Gasteiger partial charge in [-0.15, -0.1) is 0 Å². The third kappa shape index (κ3) is 8.96. The molecule has 0 aliphatic carbocycles. The molecule has 0 unspecified atom stereocenters. The van der Waals surface area contributed by atoms with E-state index in [1.807, 2.05) is 86.5 Å². The number of carboxylic acid groups (broad SMARTS) is 1. The Kier molecular flexibility index (Phi) is 11.8. The van der Waals surface area contributed by atoms with Gasteiger partial charge in [-0.3, -0.25) is 4.68 Å². The highest BCUT2D eigenvalue weighted by Crippen LogP contribution is 2.41. The van der Waals surface area contributed by atoms with E-state index >= 15 is 0 Å². The maximum absolute atomic E-state index is 13.2. The van der Waals surface area contributed by atoms with Crippen molar-refractivity contribution in [2.24, 2.45) is 7.05 Å². The van der Waals surface area contributed by atoms with Crippen molar-refractivity contribution in [2.45, 2.75) is 105 Å². The van der Waals surface area contributed by atoms with Crippen LogP contribution >= 0.6 is 0 Å². The largest absolute Gasteiger partial charge is 0.493 e. The fourth-order valence-electron chi connectivity index (χ4n) is 6.58. The summed E-state index contributed by atoms with van der Waals surface area (Å²) in [5.74, 6) is -0.190. The number of aromatic nitrogens is 3. The smallest absolute Gasteiger partial charge is 0.407 e. The molecule has 0 aliphatic heterocycles. The Labute approximate surface area is 314 Å². The van der Waals surface area contributed by atoms with Crippen LogP contribution in [0.1, 0.15) is 81.8 Å². The van der Waals surface area contributed by atoms with Crippen LogP contribution in [0.4, 0.5) is 4.79 Å². The van der Waals surface area contributed by atoms with Gasteiger partial charge in [0.2, 0.25) is 0 Å². The van der Waals surface area contributed by atoms with Crippen LogP contribution in [-0.2, 0) is 35.8 Å². The van der Waals surface area contributed by atoms with Gasteiger partial charge >= 0.3 is 12.1 Å². The van der Waals surface area contributed by atoms with Gasteiger partial charge in [0.1, 0.15) is 17.0 Å². The van der Waals surface area contributed by atoms with Crippen molar-refractivity contribution in [2.75, 3.05) is 13.2 Å². The number of rotatable bonds is 14. The second kappa shape index (κ2) is 15.8. The minimum Gasteiger partial charge on any atom is -0.493 e. The van der Waals surface area contributed by atoms with Crippen molar-refractivity contribution in [3.8, 4) is 16.9 Å². The summed E-state index contributed by atoms with van der Waals surface area (Å²) in [4.78, 5) is 25.7. The molecule has 1 amide bonds. The summed E-state index contributed by atoms with van der Waals surface area (Å²) in [6.45, 7) is 20.1. The number of aromatic carboxylic acids is 1. The Hall–Kier alpha value is -4.61. The lowest BCUT2D eigenvalue weighted by molar-refractivity contribution is 0.0525. The number of aryl methyl sites for hydroxylation is 4. The summed E-state index contributed by atoms with van der Waals surface area (Å²) in [5, 5.41) is 21.6. The average Bonchev–Trinajstić information content (AvgIpc) is 3.54. The molecule has 0 spiro atoms. The Balaban J connectivity index is 1.53. The van der Waals surface area contributed by atoms with Crippen LogP contribution in [0.3, 0.4) is 0 Å². The first-order valence-corrected chi connectivity index (χ1v) is 21.4. The summed E-state index contributed by atoms with van der Waals surface area (Å²) >= 11 is 0. The number of fused-ring (bicyclic) bond motifs is 2. The SMILES string of the molecule is Cc1nn(C)c(CO[Si](C)(C)C(C)(C)C)c1-c1cccc2c(CCCOc3cccc4ccccc34)c(C(=O)O)n(CCCNC(=O)OC(C)(C)C)c12. The lowest BCUT2D eigenvalue weighted by atomic mass is 9.98. The van der Waals surface area contributed by atoms with Gasteiger partial charge in [0.15, 0.2) is 8.32 Å². The quantitative estimate of drug-likeness (QED) is 0.0860. The number of hydrogen-bond acceptors (Lipinski definition) is 6. The molecule has 53 heavy (non-hydrogen) atoms. The minimum absolute atomic E-state index is 0.0332. The van der Waals surface area contributed by atoms with Gasteiger partial charge in [0.25, 0.3) is 0 Å². The van der Waals surface area contributed by atoms with E-state index in [1.165, 1.54) is 0 Å². The van der Waals surface area contributed by atoms with Crippen molar-refractivity contribution in [1.82, 2.24) is 19.7 Å². The van der Waals surface area contributed by atoms with Gasteiger partial charge < -0.3 is 28.9 Å². The van der Waals surface area contributed by atoms with E-state index in [4.69, 9.17) is 19.0 Å². The molecule has 3 aromatic carbocycles. The second-order valence-corrected chi connectivity index (χ2v) is 21.1. The summed E-state index contributed by atoms with van der Waals surface area (Å²) in [5.41, 5.74) is 4.86. The first kappa shape index (κ1) is 39.6. The van der Waals surface area contributed by atoms with E-state index in [-0.39, 0.29) is 10.7 Å². The highest BCUT2D eigenvalue weighted by atomic mass is 28.4. The number of amides is 1. The van der Waals surface area contributed by atoms with E-state index in [0.29, 0.717) is 45.6 Å². The van der Waals surface area contributed by atoms with Crippen molar-refractivity contribution >= 4 is 42.1 Å². The molecule has 0 saturated carbocycles. The highest BCUT2D eigenvalue weighted by molar-refractivity contribution is 6.74. The molecular weight excluding hydrogens is 685 g/mol. The first-order valence-electron chi connectivity index (χ1n) is 18.5. The number of nitrogens with one attached hydrogen (secondary N) is 1. The summed E-state index contributed by atoms with van der Waals surface area (Å²) in [7, 11) is -0.158. The molecule has 0 radical (unpaired) electrons. The molecule has 0 atom stereocenters. The van der Waals surface area contributed by atoms with Crippen LogP contribution in [-0.4, -0.2) is 58.6 Å². The van der Waals surface area contributed by atoms with Crippen molar-refractivity contribution in [3.05, 3.63) is 83.3 Å². The van der Waals surface area contributed by atoms with Gasteiger partial charge in [-0.1, -0.05) is 75.4 Å². The fraction of sp³-hybridized carbons (Fsp3) is 0.452. The van der Waals surface area contributed by atoms with E-state index in [2.05, 4.69) is 57.4 Å². The van der Waals surface area contributed by atoms with E-state index in [0.717, 1.165) is 55.5 Å². The molecule has 0 fully saturated rings. The number of carbonyl (C=O) groups is 2. The summed E-state index contributed by atoms with van der Waals surface area (Å²) in [6.07, 6.45) is 1.11. The number of hydrogen-bond donors (Lipinski definition) is 2. The molecule has 0 aliphatic rings. The van der Waals surface area contributed by atoms with Gasteiger partial charge in [-0.25, -0.2) is 9.59 Å². The third-order valence-electron chi connectivity index (χ3n) is 10.2. The monoisotopic (exact) mass is 740 g/mol. The number of para-hydroxylation sites is 1. The molecule has 5 aromatic rings. The maximum Gasteiger partial charge on any atom is 0.407 e. The predicted octanol–water partition coefficient (Wildman–Crippen LogP) is 9.65. The molecule has 5 rings (SSSR count). The van der Waals surface area contributed by atoms with Gasteiger partial charge in [-0.05, 0) is 82.1 Å². The number of ether oxygens (including phenoxy) is 2. The van der Waals surface area contributed by atoms with E-state index < -0.39 is 26.0 Å². The van der Waals surface area contributed by atoms with Crippen LogP contribution in [0.15, 0.2) is 60.7 Å². The maximum atomic E-state index is 13.2. The Morgan fingerprint density at radius 1 is 0.925 bits per heavy atom. The summed E-state index contributed by atoms with van der Waals surface area (Å²) in [6, 6.07) is 20.2. The van der Waals surface area contributed by atoms with Crippen molar-refractivity contribution in [3.63, 3.8) is 0 Å². The zero-order chi connectivity index (χ0) is 38.7. The van der Waals surface area contributed by atoms with E-state index in [1.54, 1.807) is 0 Å². The average molecular weight is 741 g/mol. The molecule has 10 nitrogen and oxygen atoms in total. The van der Waals surface area contributed by atoms with Gasteiger partial charge in [0, 0.05) is 42.0 Å². The number of carboxylic acids is 1. The van der Waals surface area contributed by atoms with Gasteiger partial charge in [0.05, 0.1) is 30.1 Å². The molecule has 0 bridgehead atoms. The second-order valence-electron chi connectivity index (χ2n) is 16.3. The van der Waals surface area contributed by atoms with E-state index in [9.17, 15) is 14.7 Å². The first-order chi connectivity index (χ1) is 24.9. The van der Waals surface area contributed by atoms with Crippen LogP contribution < -0.4 is 10.1 Å². The van der Waals surface area contributed by atoms with Crippen LogP contribution in [0.5, 0.6) is 5.75 Å². The zero-order valence-electron chi connectivity index (χ0n) is 33.1. The number of carbonyl (C=O) groups excluding carboxylic acids is 1. The van der Waals surface area contributed by atoms with Crippen LogP contribution in [0.25, 0.3) is 32.8 Å². The molecule has 284 valence electrons. The van der Waals surface area contributed by atoms with Crippen LogP contribution in [0.2, 0.25) is 18.1 Å². The molecule has 0 saturated heterocycles. The molecular formula is C42H56N4O6Si. The van der Waals surface area contributed by atoms with Crippen molar-refractivity contribution < 1.29 is 28.6 Å². The highest BCUT2D eigenvalue weighted by Gasteiger charge is 2.38. The van der Waals surface area contributed by atoms with Crippen molar-refractivity contribution in [1.29, 1.82) is 0 Å². The normalized spacial score (nSPS) is 12.4.